The van der Waals surface area contributed by atoms with Gasteiger partial charge in [0, 0.05) is 11.1 Å². The Hall–Kier alpha value is -3.26. The van der Waals surface area contributed by atoms with Crippen molar-refractivity contribution in [2.45, 2.75) is 70.0 Å². The van der Waals surface area contributed by atoms with Crippen LogP contribution in [-0.2, 0) is 14.4 Å². The van der Waals surface area contributed by atoms with Crippen molar-refractivity contribution in [2.75, 3.05) is 4.90 Å². The Morgan fingerprint density at radius 2 is 1.67 bits per heavy atom. The second kappa shape index (κ2) is 9.44. The Morgan fingerprint density at radius 1 is 0.974 bits per heavy atom. The maximum Gasteiger partial charge on any atom is 0.332 e. The van der Waals surface area contributed by atoms with Crippen molar-refractivity contribution in [2.24, 2.45) is 17.8 Å². The Balaban J connectivity index is 1.56. The minimum atomic E-state index is -1.57. The first-order chi connectivity index (χ1) is 18.7. The van der Waals surface area contributed by atoms with Crippen molar-refractivity contribution in [1.82, 2.24) is 9.80 Å². The number of fused-ring (bicyclic) bond motifs is 3. The van der Waals surface area contributed by atoms with E-state index in [2.05, 4.69) is 0 Å². The summed E-state index contributed by atoms with van der Waals surface area (Å²) in [7, 11) is 0. The zero-order valence-electron chi connectivity index (χ0n) is 22.0. The van der Waals surface area contributed by atoms with Gasteiger partial charge in [0.2, 0.25) is 11.8 Å². The van der Waals surface area contributed by atoms with Crippen LogP contribution in [0.15, 0.2) is 48.5 Å². The number of likely N-dealkylation sites (tertiary alicyclic amines) is 1. The number of urea groups is 1. The number of carbonyl (C=O) groups is 4. The molecule has 0 aromatic heterocycles. The monoisotopic (exact) mass is 551 g/mol. The number of imide groups is 2. The maximum atomic E-state index is 14.5. The number of rotatable bonds is 5. The van der Waals surface area contributed by atoms with E-state index in [1.54, 1.807) is 24.3 Å². The maximum absolute atomic E-state index is 14.5. The molecule has 2 aromatic rings. The average molecular weight is 552 g/mol. The fourth-order valence-corrected chi connectivity index (χ4v) is 7.63. The van der Waals surface area contributed by atoms with E-state index in [1.165, 1.54) is 28.0 Å². The lowest BCUT2D eigenvalue weighted by Gasteiger charge is -2.38. The predicted octanol–water partition coefficient (Wildman–Crippen LogP) is 5.72. The summed E-state index contributed by atoms with van der Waals surface area (Å²) in [6, 6.07) is 10.5. The molecule has 3 aliphatic heterocycles. The van der Waals surface area contributed by atoms with Crippen LogP contribution in [0, 0.1) is 23.6 Å². The molecule has 0 bridgehead atoms. The van der Waals surface area contributed by atoms with Crippen molar-refractivity contribution in [3.63, 3.8) is 0 Å². The number of anilines is 1. The Morgan fingerprint density at radius 3 is 2.31 bits per heavy atom. The van der Waals surface area contributed by atoms with Crippen molar-refractivity contribution in [3.05, 3.63) is 64.9 Å². The van der Waals surface area contributed by atoms with Crippen LogP contribution in [0.5, 0.6) is 0 Å². The van der Waals surface area contributed by atoms with E-state index in [4.69, 9.17) is 11.6 Å². The summed E-state index contributed by atoms with van der Waals surface area (Å²) in [6.07, 6.45) is 4.62. The van der Waals surface area contributed by atoms with Crippen LogP contribution in [-0.4, -0.2) is 45.1 Å². The number of halogens is 2. The summed E-state index contributed by atoms with van der Waals surface area (Å²) in [4.78, 5) is 61.1. The molecule has 9 heteroatoms. The predicted molar refractivity (Wildman–Crippen MR) is 143 cm³/mol. The number of hydrogen-bond acceptors (Lipinski definition) is 4. The van der Waals surface area contributed by atoms with Crippen molar-refractivity contribution < 1.29 is 23.6 Å². The lowest BCUT2D eigenvalue weighted by molar-refractivity contribution is -0.147. The van der Waals surface area contributed by atoms with Crippen LogP contribution >= 0.6 is 11.6 Å². The highest BCUT2D eigenvalue weighted by Crippen LogP contribution is 2.61. The SMILES string of the molecule is CC(C)C[C@@]12C(=O)N(c3cccc(F)c3)C(=O)N1C(c1ccc(Cl)cc1)C1C(=O)N(C3CCCCC3)C(=O)C12. The van der Waals surface area contributed by atoms with Gasteiger partial charge in [-0.3, -0.25) is 19.3 Å². The van der Waals surface area contributed by atoms with Gasteiger partial charge in [0.1, 0.15) is 11.4 Å². The van der Waals surface area contributed by atoms with Gasteiger partial charge in [-0.2, -0.15) is 0 Å². The summed E-state index contributed by atoms with van der Waals surface area (Å²) in [6.45, 7) is 3.86. The molecule has 4 fully saturated rings. The molecule has 1 aliphatic carbocycles. The third-order valence-corrected chi connectivity index (χ3v) is 9.11. The lowest BCUT2D eigenvalue weighted by atomic mass is 9.74. The normalized spacial score (nSPS) is 29.2. The van der Waals surface area contributed by atoms with Crippen LogP contribution in [0.25, 0.3) is 0 Å². The quantitative estimate of drug-likeness (QED) is 0.352. The highest BCUT2D eigenvalue weighted by atomic mass is 35.5. The summed E-state index contributed by atoms with van der Waals surface area (Å²) in [5.41, 5.74) is -0.827. The van der Waals surface area contributed by atoms with Gasteiger partial charge in [-0.15, -0.1) is 0 Å². The van der Waals surface area contributed by atoms with E-state index in [9.17, 15) is 23.6 Å². The minimum Gasteiger partial charge on any atom is -0.300 e. The van der Waals surface area contributed by atoms with Crippen LogP contribution in [0.3, 0.4) is 0 Å². The summed E-state index contributed by atoms with van der Waals surface area (Å²) >= 11 is 6.18. The van der Waals surface area contributed by atoms with Gasteiger partial charge in [0.15, 0.2) is 0 Å². The molecule has 204 valence electrons. The number of benzene rings is 2. The molecule has 1 saturated carbocycles. The van der Waals surface area contributed by atoms with Gasteiger partial charge in [0.25, 0.3) is 5.91 Å². The van der Waals surface area contributed by atoms with Crippen molar-refractivity contribution >= 4 is 41.0 Å². The molecule has 3 heterocycles. The first kappa shape index (κ1) is 26.0. The molecule has 3 saturated heterocycles. The first-order valence-corrected chi connectivity index (χ1v) is 14.1. The van der Waals surface area contributed by atoms with Gasteiger partial charge < -0.3 is 4.90 Å². The molecule has 0 spiro atoms. The van der Waals surface area contributed by atoms with E-state index in [0.717, 1.165) is 43.1 Å². The van der Waals surface area contributed by atoms with Crippen LogP contribution in [0.4, 0.5) is 14.9 Å². The third-order valence-electron chi connectivity index (χ3n) is 8.86. The van der Waals surface area contributed by atoms with Crippen LogP contribution in [0.2, 0.25) is 5.02 Å². The second-order valence-electron chi connectivity index (χ2n) is 11.6. The van der Waals surface area contributed by atoms with Gasteiger partial charge >= 0.3 is 6.03 Å². The molecular weight excluding hydrogens is 521 g/mol. The van der Waals surface area contributed by atoms with E-state index in [-0.39, 0.29) is 35.9 Å². The molecule has 0 radical (unpaired) electrons. The Labute approximate surface area is 231 Å². The Kier molecular flexibility index (Phi) is 6.29. The summed E-state index contributed by atoms with van der Waals surface area (Å²) in [5.74, 6) is -3.83. The van der Waals surface area contributed by atoms with Gasteiger partial charge in [-0.1, -0.05) is 62.9 Å². The number of amides is 5. The first-order valence-electron chi connectivity index (χ1n) is 13.7. The molecule has 4 atom stereocenters. The standard InChI is InChI=1S/C30H31ClFN3O4/c1-17(2)16-30-24-23(26(36)33(27(24)37)21-8-4-3-5-9-21)25(18-11-13-19(31)14-12-18)35(30)29(39)34(28(30)38)22-10-6-7-20(32)15-22/h6-7,10-15,17,21,23-25H,3-5,8-9,16H2,1-2H3/t23?,24?,25?,30-/m1/s1. The smallest absolute Gasteiger partial charge is 0.300 e. The molecule has 0 N–H and O–H groups in total. The molecule has 3 unspecified atom stereocenters. The summed E-state index contributed by atoms with van der Waals surface area (Å²) < 4.78 is 14.3. The zero-order valence-corrected chi connectivity index (χ0v) is 22.7. The molecule has 5 amide bonds. The summed E-state index contributed by atoms with van der Waals surface area (Å²) in [5, 5.41) is 0.490. The molecular formula is C30H31ClFN3O4. The topological polar surface area (TPSA) is 78.0 Å². The van der Waals surface area contributed by atoms with Crippen LogP contribution in [0.1, 0.15) is 64.0 Å². The lowest BCUT2D eigenvalue weighted by Crippen LogP contribution is -2.55. The van der Waals surface area contributed by atoms with E-state index < -0.39 is 41.2 Å². The van der Waals surface area contributed by atoms with Gasteiger partial charge in [-0.25, -0.2) is 14.1 Å². The minimum absolute atomic E-state index is 0.0760. The van der Waals surface area contributed by atoms with E-state index in [1.807, 2.05) is 13.8 Å². The van der Waals surface area contributed by atoms with E-state index in [0.29, 0.717) is 10.6 Å². The molecule has 2 aromatic carbocycles. The fourth-order valence-electron chi connectivity index (χ4n) is 7.50. The van der Waals surface area contributed by atoms with Crippen molar-refractivity contribution in [1.29, 1.82) is 0 Å². The molecule has 4 aliphatic rings. The van der Waals surface area contributed by atoms with Crippen LogP contribution < -0.4 is 4.90 Å². The van der Waals surface area contributed by atoms with Gasteiger partial charge in [0.05, 0.1) is 23.6 Å². The second-order valence-corrected chi connectivity index (χ2v) is 12.1. The third kappa shape index (κ3) is 3.74. The zero-order chi connectivity index (χ0) is 27.6. The molecule has 6 rings (SSSR count). The fraction of sp³-hybridized carbons (Fsp3) is 0.467. The largest absolute Gasteiger partial charge is 0.332 e. The van der Waals surface area contributed by atoms with Crippen molar-refractivity contribution in [3.8, 4) is 0 Å². The van der Waals surface area contributed by atoms with Gasteiger partial charge in [-0.05, 0) is 61.1 Å². The number of hydrogen-bond donors (Lipinski definition) is 0. The Bertz CT molecular complexity index is 1360. The number of carbonyl (C=O) groups excluding carboxylic acids is 4. The molecule has 39 heavy (non-hydrogen) atoms. The number of nitrogens with zero attached hydrogens (tertiary/aromatic N) is 3. The highest BCUT2D eigenvalue weighted by molar-refractivity contribution is 6.30. The highest BCUT2D eigenvalue weighted by Gasteiger charge is 2.77. The average Bonchev–Trinajstić information content (AvgIpc) is 3.42. The van der Waals surface area contributed by atoms with E-state index >= 15 is 0 Å². The molecule has 7 nitrogen and oxygen atoms in total.